The number of rotatable bonds is 6. The van der Waals surface area contributed by atoms with Gasteiger partial charge in [-0.3, -0.25) is 4.79 Å². The second-order valence-electron chi connectivity index (χ2n) is 5.40. The Balaban J connectivity index is 1.54. The molecule has 0 spiro atoms. The Morgan fingerprint density at radius 3 is 2.62 bits per heavy atom. The van der Waals surface area contributed by atoms with E-state index in [0.717, 1.165) is 24.4 Å². The molecule has 1 N–H and O–H groups in total. The van der Waals surface area contributed by atoms with Crippen molar-refractivity contribution in [3.8, 4) is 11.4 Å². The van der Waals surface area contributed by atoms with E-state index in [2.05, 4.69) is 14.9 Å². The monoisotopic (exact) mass is 339 g/mol. The molecule has 1 heterocycles. The van der Waals surface area contributed by atoms with Crippen molar-refractivity contribution in [2.45, 2.75) is 13.0 Å². The van der Waals surface area contributed by atoms with E-state index in [4.69, 9.17) is 11.6 Å². The van der Waals surface area contributed by atoms with Crippen LogP contribution in [0.5, 0.6) is 0 Å². The Labute approximate surface area is 146 Å². The highest BCUT2D eigenvalue weighted by atomic mass is 35.5. The fourth-order valence-corrected chi connectivity index (χ4v) is 2.75. The number of benzene rings is 2. The Kier molecular flexibility index (Phi) is 5.29. The van der Waals surface area contributed by atoms with Crippen molar-refractivity contribution in [1.82, 2.24) is 14.9 Å². The van der Waals surface area contributed by atoms with Crippen molar-refractivity contribution in [2.24, 2.45) is 0 Å². The van der Waals surface area contributed by atoms with Gasteiger partial charge in [0.2, 0.25) is 0 Å². The maximum absolute atomic E-state index is 12.1. The number of amides is 1. The summed E-state index contributed by atoms with van der Waals surface area (Å²) in [7, 11) is 0. The molecule has 0 saturated heterocycles. The van der Waals surface area contributed by atoms with Gasteiger partial charge in [-0.15, -0.1) is 0 Å². The standard InChI is InChI=1S/C19H18ClN3O/c20-17-10-5-4-9-16(17)19(24)22-11-6-13-23-14-12-21-18(23)15-7-2-1-3-8-15/h1-5,7-10,12,14H,6,11,13H2,(H,22,24). The van der Waals surface area contributed by atoms with Crippen molar-refractivity contribution in [3.05, 3.63) is 77.6 Å². The maximum atomic E-state index is 12.1. The molecule has 0 radical (unpaired) electrons. The van der Waals surface area contributed by atoms with Crippen molar-refractivity contribution < 1.29 is 4.79 Å². The maximum Gasteiger partial charge on any atom is 0.252 e. The number of aryl methyl sites for hydroxylation is 1. The summed E-state index contributed by atoms with van der Waals surface area (Å²) >= 11 is 6.03. The lowest BCUT2D eigenvalue weighted by Crippen LogP contribution is -2.25. The van der Waals surface area contributed by atoms with Crippen LogP contribution in [0.15, 0.2) is 67.0 Å². The van der Waals surface area contributed by atoms with Crippen molar-refractivity contribution in [3.63, 3.8) is 0 Å². The summed E-state index contributed by atoms with van der Waals surface area (Å²) in [4.78, 5) is 16.5. The Hall–Kier alpha value is -2.59. The van der Waals surface area contributed by atoms with Crippen LogP contribution in [0, 0.1) is 0 Å². The summed E-state index contributed by atoms with van der Waals surface area (Å²) in [6, 6.07) is 17.1. The van der Waals surface area contributed by atoms with Crippen LogP contribution in [-0.2, 0) is 6.54 Å². The minimum atomic E-state index is -0.144. The zero-order valence-electron chi connectivity index (χ0n) is 13.2. The topological polar surface area (TPSA) is 46.9 Å². The first kappa shape index (κ1) is 16.3. The van der Waals surface area contributed by atoms with Gasteiger partial charge in [-0.1, -0.05) is 54.1 Å². The van der Waals surface area contributed by atoms with Gasteiger partial charge in [0.05, 0.1) is 10.6 Å². The third kappa shape index (κ3) is 3.84. The molecule has 0 atom stereocenters. The van der Waals surface area contributed by atoms with Gasteiger partial charge in [-0.05, 0) is 18.6 Å². The molecule has 4 nitrogen and oxygen atoms in total. The van der Waals surface area contributed by atoms with E-state index >= 15 is 0 Å². The molecular weight excluding hydrogens is 322 g/mol. The molecule has 0 fully saturated rings. The number of carbonyl (C=O) groups is 1. The van der Waals surface area contributed by atoms with E-state index in [1.807, 2.05) is 42.6 Å². The Morgan fingerprint density at radius 1 is 1.08 bits per heavy atom. The van der Waals surface area contributed by atoms with Gasteiger partial charge < -0.3 is 9.88 Å². The molecule has 0 aliphatic heterocycles. The predicted molar refractivity (Wildman–Crippen MR) is 96.1 cm³/mol. The SMILES string of the molecule is O=C(NCCCn1ccnc1-c1ccccc1)c1ccccc1Cl. The lowest BCUT2D eigenvalue weighted by atomic mass is 10.2. The summed E-state index contributed by atoms with van der Waals surface area (Å²) in [5, 5.41) is 3.37. The molecule has 3 rings (SSSR count). The van der Waals surface area contributed by atoms with Crippen LogP contribution in [0.25, 0.3) is 11.4 Å². The van der Waals surface area contributed by atoms with Crippen molar-refractivity contribution >= 4 is 17.5 Å². The minimum absolute atomic E-state index is 0.144. The summed E-state index contributed by atoms with van der Waals surface area (Å²) < 4.78 is 2.09. The molecule has 1 amide bonds. The second kappa shape index (κ2) is 7.79. The lowest BCUT2D eigenvalue weighted by Gasteiger charge is -2.09. The molecule has 5 heteroatoms. The first-order valence-electron chi connectivity index (χ1n) is 7.85. The zero-order chi connectivity index (χ0) is 16.8. The number of nitrogens with one attached hydrogen (secondary N) is 1. The molecule has 0 unspecified atom stereocenters. The molecule has 2 aromatic carbocycles. The number of nitrogens with zero attached hydrogens (tertiary/aromatic N) is 2. The highest BCUT2D eigenvalue weighted by Gasteiger charge is 2.09. The average Bonchev–Trinajstić information content (AvgIpc) is 3.08. The van der Waals surface area contributed by atoms with Gasteiger partial charge in [0, 0.05) is 31.0 Å². The zero-order valence-corrected chi connectivity index (χ0v) is 13.9. The first-order chi connectivity index (χ1) is 11.8. The highest BCUT2D eigenvalue weighted by molar-refractivity contribution is 6.33. The summed E-state index contributed by atoms with van der Waals surface area (Å²) in [5.74, 6) is 0.794. The van der Waals surface area contributed by atoms with Gasteiger partial charge in [-0.25, -0.2) is 4.98 Å². The fraction of sp³-hybridized carbons (Fsp3) is 0.158. The van der Waals surface area contributed by atoms with E-state index < -0.39 is 0 Å². The molecule has 0 saturated carbocycles. The van der Waals surface area contributed by atoms with E-state index in [1.54, 1.807) is 24.4 Å². The van der Waals surface area contributed by atoms with Gasteiger partial charge in [0.1, 0.15) is 5.82 Å². The summed E-state index contributed by atoms with van der Waals surface area (Å²) in [5.41, 5.74) is 1.59. The summed E-state index contributed by atoms with van der Waals surface area (Å²) in [6.07, 6.45) is 4.56. The largest absolute Gasteiger partial charge is 0.352 e. The van der Waals surface area contributed by atoms with Crippen LogP contribution in [0.1, 0.15) is 16.8 Å². The van der Waals surface area contributed by atoms with Crippen LogP contribution in [0.2, 0.25) is 5.02 Å². The lowest BCUT2D eigenvalue weighted by molar-refractivity contribution is 0.0953. The molecule has 0 aliphatic rings. The van der Waals surface area contributed by atoms with Crippen LogP contribution in [0.3, 0.4) is 0 Å². The molecule has 0 aliphatic carbocycles. The number of carbonyl (C=O) groups excluding carboxylic acids is 1. The normalized spacial score (nSPS) is 10.5. The third-order valence-electron chi connectivity index (χ3n) is 3.73. The van der Waals surface area contributed by atoms with Crippen molar-refractivity contribution in [1.29, 1.82) is 0 Å². The van der Waals surface area contributed by atoms with Crippen molar-refractivity contribution in [2.75, 3.05) is 6.54 Å². The Bertz CT molecular complexity index is 814. The second-order valence-corrected chi connectivity index (χ2v) is 5.81. The van der Waals surface area contributed by atoms with E-state index in [9.17, 15) is 4.79 Å². The van der Waals surface area contributed by atoms with Crippen LogP contribution in [-0.4, -0.2) is 22.0 Å². The van der Waals surface area contributed by atoms with Gasteiger partial charge in [0.25, 0.3) is 5.91 Å². The molecule has 1 aromatic heterocycles. The van der Waals surface area contributed by atoms with E-state index in [1.165, 1.54) is 0 Å². The number of hydrogen-bond donors (Lipinski definition) is 1. The number of imidazole rings is 1. The summed E-state index contributed by atoms with van der Waals surface area (Å²) in [6.45, 7) is 1.36. The number of aromatic nitrogens is 2. The number of hydrogen-bond acceptors (Lipinski definition) is 2. The van der Waals surface area contributed by atoms with Crippen LogP contribution >= 0.6 is 11.6 Å². The third-order valence-corrected chi connectivity index (χ3v) is 4.06. The Morgan fingerprint density at radius 2 is 1.83 bits per heavy atom. The fourth-order valence-electron chi connectivity index (χ4n) is 2.53. The van der Waals surface area contributed by atoms with Gasteiger partial charge >= 0.3 is 0 Å². The van der Waals surface area contributed by atoms with Crippen LogP contribution in [0.4, 0.5) is 0 Å². The van der Waals surface area contributed by atoms with E-state index in [-0.39, 0.29) is 5.91 Å². The molecule has 3 aromatic rings. The average molecular weight is 340 g/mol. The number of halogens is 1. The first-order valence-corrected chi connectivity index (χ1v) is 8.23. The van der Waals surface area contributed by atoms with Gasteiger partial charge in [-0.2, -0.15) is 0 Å². The predicted octanol–water partition coefficient (Wildman–Crippen LogP) is 4.02. The minimum Gasteiger partial charge on any atom is -0.352 e. The molecule has 24 heavy (non-hydrogen) atoms. The smallest absolute Gasteiger partial charge is 0.252 e. The van der Waals surface area contributed by atoms with E-state index in [0.29, 0.717) is 17.1 Å². The highest BCUT2D eigenvalue weighted by Crippen LogP contribution is 2.17. The van der Waals surface area contributed by atoms with Crippen LogP contribution < -0.4 is 5.32 Å². The molecule has 0 bridgehead atoms. The van der Waals surface area contributed by atoms with Gasteiger partial charge in [0.15, 0.2) is 0 Å². The molecule has 122 valence electrons. The quantitative estimate of drug-likeness (QED) is 0.689. The molecular formula is C19H18ClN3O.